The average molecular weight is 278 g/mol. The summed E-state index contributed by atoms with van der Waals surface area (Å²) < 4.78 is 5.30. The largest absolute Gasteiger partial charge is 0.497 e. The number of anilines is 2. The van der Waals surface area contributed by atoms with Gasteiger partial charge in [-0.1, -0.05) is 6.07 Å². The standard InChI is InChI=1S/C18H18N2O/c1-21-14-5-2-4-13(9-14)20-18-8-12-10-19-11-17(12)15-6-3-7-16(15)18/h2,4-5,8-11,19-20H,3,6-7H2,1H3. The molecule has 0 saturated carbocycles. The van der Waals surface area contributed by atoms with Crippen LogP contribution in [0.4, 0.5) is 11.4 Å². The Labute approximate surface area is 123 Å². The molecule has 3 nitrogen and oxygen atoms in total. The molecule has 0 unspecified atom stereocenters. The molecule has 0 atom stereocenters. The van der Waals surface area contributed by atoms with Crippen LogP contribution in [0.2, 0.25) is 0 Å². The second kappa shape index (κ2) is 4.85. The van der Waals surface area contributed by atoms with Gasteiger partial charge in [0, 0.05) is 40.6 Å². The van der Waals surface area contributed by atoms with Gasteiger partial charge in [0.05, 0.1) is 7.11 Å². The predicted molar refractivity (Wildman–Crippen MR) is 86.6 cm³/mol. The van der Waals surface area contributed by atoms with Crippen molar-refractivity contribution in [3.8, 4) is 5.75 Å². The van der Waals surface area contributed by atoms with Crippen LogP contribution in [0.3, 0.4) is 0 Å². The van der Waals surface area contributed by atoms with Crippen molar-refractivity contribution in [2.24, 2.45) is 0 Å². The van der Waals surface area contributed by atoms with E-state index in [1.165, 1.54) is 40.4 Å². The highest BCUT2D eigenvalue weighted by molar-refractivity contribution is 5.92. The number of H-pyrrole nitrogens is 1. The first kappa shape index (κ1) is 12.3. The van der Waals surface area contributed by atoms with Crippen LogP contribution in [-0.4, -0.2) is 12.1 Å². The normalized spacial score (nSPS) is 13.4. The zero-order chi connectivity index (χ0) is 14.2. The molecule has 2 aromatic carbocycles. The van der Waals surface area contributed by atoms with Crippen LogP contribution in [0.25, 0.3) is 10.8 Å². The molecule has 0 bridgehead atoms. The predicted octanol–water partition coefficient (Wildman–Crippen LogP) is 4.41. The second-order valence-corrected chi connectivity index (χ2v) is 5.55. The zero-order valence-electron chi connectivity index (χ0n) is 12.1. The molecule has 4 rings (SSSR count). The molecule has 1 heterocycles. The highest BCUT2D eigenvalue weighted by Gasteiger charge is 2.18. The molecule has 0 spiro atoms. The Morgan fingerprint density at radius 3 is 2.90 bits per heavy atom. The van der Waals surface area contributed by atoms with Gasteiger partial charge in [0.15, 0.2) is 0 Å². The SMILES string of the molecule is COc1cccc(Nc2cc3c[nH]cc3c3c2CCC3)c1. The first-order valence-corrected chi connectivity index (χ1v) is 7.37. The molecule has 1 aliphatic carbocycles. The molecule has 106 valence electrons. The van der Waals surface area contributed by atoms with Crippen molar-refractivity contribution in [1.82, 2.24) is 4.98 Å². The number of hydrogen-bond donors (Lipinski definition) is 2. The number of nitrogens with one attached hydrogen (secondary N) is 2. The Morgan fingerprint density at radius 2 is 2.00 bits per heavy atom. The Kier molecular flexibility index (Phi) is 2.85. The Balaban J connectivity index is 1.79. The van der Waals surface area contributed by atoms with Gasteiger partial charge >= 0.3 is 0 Å². The van der Waals surface area contributed by atoms with Crippen molar-refractivity contribution in [2.75, 3.05) is 12.4 Å². The van der Waals surface area contributed by atoms with Gasteiger partial charge in [-0.2, -0.15) is 0 Å². The summed E-state index contributed by atoms with van der Waals surface area (Å²) in [6.45, 7) is 0. The third-order valence-electron chi connectivity index (χ3n) is 4.29. The lowest BCUT2D eigenvalue weighted by Crippen LogP contribution is -1.96. The van der Waals surface area contributed by atoms with E-state index in [9.17, 15) is 0 Å². The van der Waals surface area contributed by atoms with E-state index in [2.05, 4.69) is 34.8 Å². The molecular formula is C18H18N2O. The fourth-order valence-corrected chi connectivity index (χ4v) is 3.31. The molecule has 1 aromatic heterocycles. The van der Waals surface area contributed by atoms with Gasteiger partial charge in [0.25, 0.3) is 0 Å². The number of ether oxygens (including phenoxy) is 1. The molecule has 3 aromatic rings. The third-order valence-corrected chi connectivity index (χ3v) is 4.29. The van der Waals surface area contributed by atoms with Gasteiger partial charge in [0.1, 0.15) is 5.75 Å². The minimum atomic E-state index is 0.874. The number of fused-ring (bicyclic) bond motifs is 3. The summed E-state index contributed by atoms with van der Waals surface area (Å²) in [6.07, 6.45) is 7.77. The van der Waals surface area contributed by atoms with Crippen molar-refractivity contribution < 1.29 is 4.74 Å². The van der Waals surface area contributed by atoms with Crippen LogP contribution in [0.5, 0.6) is 5.75 Å². The van der Waals surface area contributed by atoms with Crippen LogP contribution in [-0.2, 0) is 12.8 Å². The van der Waals surface area contributed by atoms with Gasteiger partial charge in [-0.15, -0.1) is 0 Å². The monoisotopic (exact) mass is 278 g/mol. The number of methoxy groups -OCH3 is 1. The maximum atomic E-state index is 5.30. The van der Waals surface area contributed by atoms with Gasteiger partial charge in [-0.25, -0.2) is 0 Å². The first-order valence-electron chi connectivity index (χ1n) is 7.37. The van der Waals surface area contributed by atoms with Crippen LogP contribution in [0.1, 0.15) is 17.5 Å². The molecule has 0 amide bonds. The van der Waals surface area contributed by atoms with E-state index in [0.717, 1.165) is 17.9 Å². The molecule has 0 radical (unpaired) electrons. The lowest BCUT2D eigenvalue weighted by atomic mass is 10.0. The number of hydrogen-bond acceptors (Lipinski definition) is 2. The van der Waals surface area contributed by atoms with Crippen molar-refractivity contribution in [1.29, 1.82) is 0 Å². The molecule has 21 heavy (non-hydrogen) atoms. The number of aryl methyl sites for hydroxylation is 1. The number of aromatic amines is 1. The van der Waals surface area contributed by atoms with E-state index >= 15 is 0 Å². The van der Waals surface area contributed by atoms with Crippen LogP contribution >= 0.6 is 0 Å². The maximum Gasteiger partial charge on any atom is 0.120 e. The number of benzene rings is 2. The number of aromatic nitrogens is 1. The topological polar surface area (TPSA) is 37.0 Å². The van der Waals surface area contributed by atoms with Crippen LogP contribution in [0, 0.1) is 0 Å². The third kappa shape index (κ3) is 2.05. The molecule has 0 fully saturated rings. The summed E-state index contributed by atoms with van der Waals surface area (Å²) in [5.41, 5.74) is 5.25. The first-order chi connectivity index (χ1) is 10.3. The minimum Gasteiger partial charge on any atom is -0.497 e. The van der Waals surface area contributed by atoms with Crippen molar-refractivity contribution in [3.05, 3.63) is 53.9 Å². The summed E-state index contributed by atoms with van der Waals surface area (Å²) >= 11 is 0. The lowest BCUT2D eigenvalue weighted by molar-refractivity contribution is 0.415. The summed E-state index contributed by atoms with van der Waals surface area (Å²) in [4.78, 5) is 3.23. The van der Waals surface area contributed by atoms with E-state index < -0.39 is 0 Å². The second-order valence-electron chi connectivity index (χ2n) is 5.55. The number of rotatable bonds is 3. The fourth-order valence-electron chi connectivity index (χ4n) is 3.31. The molecule has 2 N–H and O–H groups in total. The molecule has 1 aliphatic rings. The highest BCUT2D eigenvalue weighted by atomic mass is 16.5. The van der Waals surface area contributed by atoms with E-state index in [-0.39, 0.29) is 0 Å². The van der Waals surface area contributed by atoms with E-state index in [0.29, 0.717) is 0 Å². The van der Waals surface area contributed by atoms with E-state index in [4.69, 9.17) is 4.74 Å². The van der Waals surface area contributed by atoms with E-state index in [1.54, 1.807) is 7.11 Å². The smallest absolute Gasteiger partial charge is 0.120 e. The Morgan fingerprint density at radius 1 is 1.10 bits per heavy atom. The summed E-state index contributed by atoms with van der Waals surface area (Å²) in [5.74, 6) is 0.874. The van der Waals surface area contributed by atoms with Gasteiger partial charge < -0.3 is 15.0 Å². The minimum absolute atomic E-state index is 0.874. The van der Waals surface area contributed by atoms with Crippen LogP contribution in [0.15, 0.2) is 42.7 Å². The van der Waals surface area contributed by atoms with Crippen molar-refractivity contribution in [3.63, 3.8) is 0 Å². The zero-order valence-corrected chi connectivity index (χ0v) is 12.1. The molecule has 3 heteroatoms. The van der Waals surface area contributed by atoms with Crippen LogP contribution < -0.4 is 10.1 Å². The van der Waals surface area contributed by atoms with Gasteiger partial charge in [-0.3, -0.25) is 0 Å². The molecular weight excluding hydrogens is 260 g/mol. The highest BCUT2D eigenvalue weighted by Crippen LogP contribution is 2.37. The average Bonchev–Trinajstić information content (AvgIpc) is 3.15. The van der Waals surface area contributed by atoms with Gasteiger partial charge in [-0.05, 0) is 48.6 Å². The molecule has 0 aliphatic heterocycles. The van der Waals surface area contributed by atoms with Crippen molar-refractivity contribution in [2.45, 2.75) is 19.3 Å². The Bertz CT molecular complexity index is 804. The van der Waals surface area contributed by atoms with E-state index in [1.807, 2.05) is 18.2 Å². The molecule has 0 saturated heterocycles. The van der Waals surface area contributed by atoms with Crippen molar-refractivity contribution >= 4 is 22.1 Å². The van der Waals surface area contributed by atoms with Gasteiger partial charge in [0.2, 0.25) is 0 Å². The summed E-state index contributed by atoms with van der Waals surface area (Å²) in [7, 11) is 1.70. The summed E-state index contributed by atoms with van der Waals surface area (Å²) in [5, 5.41) is 6.22. The summed E-state index contributed by atoms with van der Waals surface area (Å²) in [6, 6.07) is 10.3. The Hall–Kier alpha value is -2.42. The lowest BCUT2D eigenvalue weighted by Gasteiger charge is -2.13. The quantitative estimate of drug-likeness (QED) is 0.744. The maximum absolute atomic E-state index is 5.30. The fraction of sp³-hybridized carbons (Fsp3) is 0.222.